The minimum absolute atomic E-state index is 0.0824. The largest absolute Gasteiger partial charge is 0.355 e. The number of benzene rings is 1. The van der Waals surface area contributed by atoms with Gasteiger partial charge >= 0.3 is 0 Å². The molecule has 114 valence electrons. The molecule has 0 radical (unpaired) electrons. The molecule has 1 N–H and O–H groups in total. The first-order chi connectivity index (χ1) is 10.1. The van der Waals surface area contributed by atoms with E-state index in [0.29, 0.717) is 42.6 Å². The molecule has 0 bridgehead atoms. The second kappa shape index (κ2) is 6.13. The van der Waals surface area contributed by atoms with Gasteiger partial charge in [-0.3, -0.25) is 4.79 Å². The summed E-state index contributed by atoms with van der Waals surface area (Å²) in [4.78, 5) is 11.5. The molecule has 0 unspecified atom stereocenters. The van der Waals surface area contributed by atoms with E-state index in [2.05, 4.69) is 5.32 Å². The second-order valence-corrected chi connectivity index (χ2v) is 6.38. The van der Waals surface area contributed by atoms with Crippen molar-refractivity contribution >= 4 is 29.1 Å². The summed E-state index contributed by atoms with van der Waals surface area (Å²) in [7, 11) is 0. The van der Waals surface area contributed by atoms with E-state index in [1.807, 2.05) is 12.1 Å². The Bertz CT molecular complexity index is 534. The van der Waals surface area contributed by atoms with Crippen LogP contribution in [0.5, 0.6) is 0 Å². The molecule has 1 aromatic rings. The molecule has 0 saturated carbocycles. The second-order valence-electron chi connectivity index (χ2n) is 5.56. The van der Waals surface area contributed by atoms with Crippen molar-refractivity contribution in [3.8, 4) is 0 Å². The molecule has 2 heterocycles. The number of carbonyl (C=O) groups is 1. The van der Waals surface area contributed by atoms with E-state index >= 15 is 0 Å². The van der Waals surface area contributed by atoms with Gasteiger partial charge in [0.2, 0.25) is 5.91 Å². The lowest BCUT2D eigenvalue weighted by molar-refractivity contribution is -0.124. The lowest BCUT2D eigenvalue weighted by atomic mass is 9.72. The highest BCUT2D eigenvalue weighted by molar-refractivity contribution is 6.42. The predicted octanol–water partition coefficient (Wildman–Crippen LogP) is 2.90. The van der Waals surface area contributed by atoms with Gasteiger partial charge < -0.3 is 14.8 Å². The van der Waals surface area contributed by atoms with Gasteiger partial charge in [-0.1, -0.05) is 29.3 Å². The van der Waals surface area contributed by atoms with Crippen molar-refractivity contribution in [1.29, 1.82) is 0 Å². The summed E-state index contributed by atoms with van der Waals surface area (Å²) < 4.78 is 11.2. The molecule has 1 aromatic carbocycles. The minimum atomic E-state index is -0.227. The number of hydrogen-bond donors (Lipinski definition) is 1. The van der Waals surface area contributed by atoms with E-state index in [1.165, 1.54) is 0 Å². The maximum atomic E-state index is 11.5. The van der Waals surface area contributed by atoms with Gasteiger partial charge in [-0.25, -0.2) is 0 Å². The molecule has 6 heteroatoms. The number of hydrogen-bond acceptors (Lipinski definition) is 3. The fraction of sp³-hybridized carbons (Fsp3) is 0.533. The van der Waals surface area contributed by atoms with Crippen molar-refractivity contribution in [2.24, 2.45) is 0 Å². The highest BCUT2D eigenvalue weighted by Crippen LogP contribution is 2.39. The molecular formula is C15H17Cl2NO3. The van der Waals surface area contributed by atoms with E-state index in [9.17, 15) is 4.79 Å². The summed E-state index contributed by atoms with van der Waals surface area (Å²) in [5.74, 6) is 0.0824. The molecule has 2 saturated heterocycles. The Kier molecular flexibility index (Phi) is 4.41. The van der Waals surface area contributed by atoms with E-state index in [4.69, 9.17) is 32.7 Å². The van der Waals surface area contributed by atoms with Gasteiger partial charge in [0.15, 0.2) is 6.29 Å². The zero-order valence-corrected chi connectivity index (χ0v) is 13.0. The summed E-state index contributed by atoms with van der Waals surface area (Å²) in [5, 5.41) is 4.01. The molecule has 3 rings (SSSR count). The molecule has 21 heavy (non-hydrogen) atoms. The summed E-state index contributed by atoms with van der Waals surface area (Å²) in [6, 6.07) is 5.66. The smallest absolute Gasteiger partial charge is 0.220 e. The Labute approximate surface area is 133 Å². The van der Waals surface area contributed by atoms with Crippen molar-refractivity contribution in [2.75, 3.05) is 19.8 Å². The van der Waals surface area contributed by atoms with Crippen LogP contribution in [0.2, 0.25) is 10.0 Å². The highest BCUT2D eigenvalue weighted by Gasteiger charge is 2.40. The van der Waals surface area contributed by atoms with Crippen LogP contribution in [0.3, 0.4) is 0 Å². The summed E-state index contributed by atoms with van der Waals surface area (Å²) in [6.45, 7) is 1.80. The maximum Gasteiger partial charge on any atom is 0.220 e. The Morgan fingerprint density at radius 2 is 2.00 bits per heavy atom. The average molecular weight is 330 g/mol. The van der Waals surface area contributed by atoms with Crippen LogP contribution >= 0.6 is 23.2 Å². The predicted molar refractivity (Wildman–Crippen MR) is 80.7 cm³/mol. The SMILES string of the molecule is O=C1CC[C@](CC2OCCO2)(c2ccc(Cl)c(Cl)c2)CN1. The van der Waals surface area contributed by atoms with Gasteiger partial charge in [-0.2, -0.15) is 0 Å². The first kappa shape index (κ1) is 15.1. The van der Waals surface area contributed by atoms with Crippen LogP contribution in [0.15, 0.2) is 18.2 Å². The van der Waals surface area contributed by atoms with E-state index in [0.717, 1.165) is 12.0 Å². The molecule has 2 aliphatic rings. The number of amides is 1. The van der Waals surface area contributed by atoms with Crippen LogP contribution in [0, 0.1) is 0 Å². The average Bonchev–Trinajstić information content (AvgIpc) is 2.97. The van der Waals surface area contributed by atoms with Crippen LogP contribution < -0.4 is 5.32 Å². The number of carbonyl (C=O) groups excluding carboxylic acids is 1. The highest BCUT2D eigenvalue weighted by atomic mass is 35.5. The fourth-order valence-electron chi connectivity index (χ4n) is 3.01. The first-order valence-corrected chi connectivity index (χ1v) is 7.80. The van der Waals surface area contributed by atoms with Crippen molar-refractivity contribution in [1.82, 2.24) is 5.32 Å². The topological polar surface area (TPSA) is 47.6 Å². The van der Waals surface area contributed by atoms with E-state index < -0.39 is 0 Å². The lowest BCUT2D eigenvalue weighted by Gasteiger charge is -2.39. The molecular weight excluding hydrogens is 313 g/mol. The van der Waals surface area contributed by atoms with Crippen molar-refractivity contribution in [3.63, 3.8) is 0 Å². The Hall–Kier alpha value is -0.810. The molecule has 0 aromatic heterocycles. The summed E-state index contributed by atoms with van der Waals surface area (Å²) in [6.07, 6.45) is 1.72. The molecule has 2 fully saturated rings. The molecule has 4 nitrogen and oxygen atoms in total. The molecule has 0 spiro atoms. The van der Waals surface area contributed by atoms with Crippen molar-refractivity contribution in [3.05, 3.63) is 33.8 Å². The maximum absolute atomic E-state index is 11.5. The number of rotatable bonds is 3. The molecule has 0 aliphatic carbocycles. The van der Waals surface area contributed by atoms with Gasteiger partial charge in [0, 0.05) is 24.8 Å². The number of nitrogens with one attached hydrogen (secondary N) is 1. The third-order valence-corrected chi connectivity index (χ3v) is 4.97. The first-order valence-electron chi connectivity index (χ1n) is 7.04. The number of ether oxygens (including phenoxy) is 2. The molecule has 2 aliphatic heterocycles. The zero-order chi connectivity index (χ0) is 14.9. The van der Waals surface area contributed by atoms with E-state index in [1.54, 1.807) is 6.07 Å². The van der Waals surface area contributed by atoms with Crippen LogP contribution in [0.4, 0.5) is 0 Å². The minimum Gasteiger partial charge on any atom is -0.355 e. The third kappa shape index (κ3) is 3.19. The van der Waals surface area contributed by atoms with Gasteiger partial charge in [0.25, 0.3) is 0 Å². The number of piperidine rings is 1. The molecule has 1 atom stereocenters. The Morgan fingerprint density at radius 3 is 2.62 bits per heavy atom. The number of halogens is 2. The van der Waals surface area contributed by atoms with Gasteiger partial charge in [0.1, 0.15) is 0 Å². The van der Waals surface area contributed by atoms with Gasteiger partial charge in [-0.05, 0) is 24.1 Å². The third-order valence-electron chi connectivity index (χ3n) is 4.23. The van der Waals surface area contributed by atoms with Crippen LogP contribution in [-0.4, -0.2) is 32.0 Å². The summed E-state index contributed by atoms with van der Waals surface area (Å²) in [5.41, 5.74) is 0.841. The van der Waals surface area contributed by atoms with Crippen molar-refractivity contribution < 1.29 is 14.3 Å². The quantitative estimate of drug-likeness (QED) is 0.927. The fourth-order valence-corrected chi connectivity index (χ4v) is 3.30. The van der Waals surface area contributed by atoms with Crippen LogP contribution in [0.1, 0.15) is 24.8 Å². The van der Waals surface area contributed by atoms with Gasteiger partial charge in [-0.15, -0.1) is 0 Å². The van der Waals surface area contributed by atoms with Gasteiger partial charge in [0.05, 0.1) is 23.3 Å². The normalized spacial score (nSPS) is 26.9. The lowest BCUT2D eigenvalue weighted by Crippen LogP contribution is -2.48. The monoisotopic (exact) mass is 329 g/mol. The zero-order valence-electron chi connectivity index (χ0n) is 11.5. The standard InChI is InChI=1S/C15H17Cl2NO3/c16-11-2-1-10(7-12(11)17)15(4-3-13(19)18-9-15)8-14-20-5-6-21-14/h1-2,7,14H,3-6,8-9H2,(H,18,19)/t15-/m1/s1. The summed E-state index contributed by atoms with van der Waals surface area (Å²) >= 11 is 12.2. The van der Waals surface area contributed by atoms with Crippen LogP contribution in [-0.2, 0) is 19.7 Å². The Balaban J connectivity index is 1.90. The van der Waals surface area contributed by atoms with E-state index in [-0.39, 0.29) is 17.6 Å². The Morgan fingerprint density at radius 1 is 1.24 bits per heavy atom. The molecule has 1 amide bonds. The van der Waals surface area contributed by atoms with Crippen molar-refractivity contribution in [2.45, 2.75) is 31.0 Å². The van der Waals surface area contributed by atoms with Crippen LogP contribution in [0.25, 0.3) is 0 Å².